The van der Waals surface area contributed by atoms with Crippen LogP contribution in [0.25, 0.3) is 12.2 Å². The molecule has 1 heterocycles. The molecule has 4 nitrogen and oxygen atoms in total. The van der Waals surface area contributed by atoms with Crippen molar-refractivity contribution < 1.29 is 0 Å². The Morgan fingerprint density at radius 2 is 2.08 bits per heavy atom. The molecule has 0 aromatic carbocycles. The first-order valence-corrected chi connectivity index (χ1v) is 3.39. The van der Waals surface area contributed by atoms with Crippen LogP contribution in [0.1, 0.15) is 11.3 Å². The van der Waals surface area contributed by atoms with E-state index in [0.717, 1.165) is 0 Å². The number of nitrogens with zero attached hydrogens (tertiary/aromatic N) is 3. The van der Waals surface area contributed by atoms with Crippen LogP contribution in [0.4, 0.5) is 0 Å². The van der Waals surface area contributed by atoms with E-state index in [2.05, 4.69) is 23.5 Å². The predicted octanol–water partition coefficient (Wildman–Crippen LogP) is 0.461. The number of aryl methyl sites for hydroxylation is 1. The van der Waals surface area contributed by atoms with E-state index in [9.17, 15) is 4.79 Å². The minimum absolute atomic E-state index is 0.377. The molecule has 0 bridgehead atoms. The van der Waals surface area contributed by atoms with E-state index in [4.69, 9.17) is 0 Å². The summed E-state index contributed by atoms with van der Waals surface area (Å²) in [5.74, 6) is 0. The summed E-state index contributed by atoms with van der Waals surface area (Å²) in [6.07, 6.45) is 3.00. The molecular weight excluding hydrogens is 154 g/mol. The van der Waals surface area contributed by atoms with Crippen molar-refractivity contribution in [2.24, 2.45) is 7.05 Å². The zero-order valence-electron chi connectivity index (χ0n) is 6.82. The third-order valence-electron chi connectivity index (χ3n) is 1.52. The second-order valence-electron chi connectivity index (χ2n) is 2.23. The minimum atomic E-state index is -0.377. The predicted molar refractivity (Wildman–Crippen MR) is 47.5 cm³/mol. The number of hydrogen-bond donors (Lipinski definition) is 0. The number of aromatic nitrogens is 3. The maximum atomic E-state index is 11.1. The molecule has 0 unspecified atom stereocenters. The number of rotatable bonds is 2. The van der Waals surface area contributed by atoms with Gasteiger partial charge >= 0.3 is 0 Å². The van der Waals surface area contributed by atoms with E-state index < -0.39 is 0 Å². The summed E-state index contributed by atoms with van der Waals surface area (Å²) in [5, 5.41) is 6.99. The molecule has 0 atom stereocenters. The Morgan fingerprint density at radius 3 is 2.50 bits per heavy atom. The van der Waals surface area contributed by atoms with Gasteiger partial charge in [-0.1, -0.05) is 29.5 Å². The lowest BCUT2D eigenvalue weighted by atomic mass is 10.2. The molecule has 12 heavy (non-hydrogen) atoms. The second kappa shape index (κ2) is 3.13. The van der Waals surface area contributed by atoms with Gasteiger partial charge in [-0.25, -0.2) is 4.68 Å². The summed E-state index contributed by atoms with van der Waals surface area (Å²) < 4.78 is 1.48. The Kier molecular flexibility index (Phi) is 2.19. The standard InChI is InChI=1S/C8H9N3O/c1-4-6-7(5-2)11(3)10-9-8(6)12/h4-5H,1-2H2,3H3. The summed E-state index contributed by atoms with van der Waals surface area (Å²) in [6, 6.07) is 0. The van der Waals surface area contributed by atoms with Gasteiger partial charge in [0.1, 0.15) is 0 Å². The molecule has 0 saturated carbocycles. The largest absolute Gasteiger partial charge is 0.299 e. The van der Waals surface area contributed by atoms with Crippen molar-refractivity contribution in [3.05, 3.63) is 34.8 Å². The third kappa shape index (κ3) is 1.18. The van der Waals surface area contributed by atoms with E-state index in [1.807, 2.05) is 0 Å². The molecule has 0 N–H and O–H groups in total. The van der Waals surface area contributed by atoms with Gasteiger partial charge in [0.25, 0.3) is 5.56 Å². The first-order chi connectivity index (χ1) is 5.70. The molecule has 62 valence electrons. The van der Waals surface area contributed by atoms with Gasteiger partial charge in [-0.3, -0.25) is 4.79 Å². The molecule has 0 aliphatic heterocycles. The quantitative estimate of drug-likeness (QED) is 0.636. The molecule has 1 rings (SSSR count). The first-order valence-electron chi connectivity index (χ1n) is 3.39. The van der Waals surface area contributed by atoms with Gasteiger partial charge in [-0.05, 0) is 6.08 Å². The van der Waals surface area contributed by atoms with Crippen LogP contribution in [-0.2, 0) is 7.05 Å². The van der Waals surface area contributed by atoms with E-state index in [0.29, 0.717) is 11.3 Å². The van der Waals surface area contributed by atoms with Crippen LogP contribution < -0.4 is 5.56 Å². The van der Waals surface area contributed by atoms with Gasteiger partial charge in [0.15, 0.2) is 0 Å². The highest BCUT2D eigenvalue weighted by molar-refractivity contribution is 5.59. The molecule has 0 aliphatic carbocycles. The molecule has 4 heteroatoms. The van der Waals surface area contributed by atoms with E-state index in [1.54, 1.807) is 13.1 Å². The summed E-state index contributed by atoms with van der Waals surface area (Å²) in [4.78, 5) is 11.1. The van der Waals surface area contributed by atoms with Crippen LogP contribution in [0.5, 0.6) is 0 Å². The Labute approximate surface area is 69.8 Å². The maximum absolute atomic E-state index is 11.1. The van der Waals surface area contributed by atoms with Crippen LogP contribution in [0.3, 0.4) is 0 Å². The molecule has 0 saturated heterocycles. The van der Waals surface area contributed by atoms with Gasteiger partial charge in [-0.2, -0.15) is 0 Å². The van der Waals surface area contributed by atoms with Crippen LogP contribution in [0.2, 0.25) is 0 Å². The van der Waals surface area contributed by atoms with Crippen LogP contribution in [0.15, 0.2) is 18.0 Å². The van der Waals surface area contributed by atoms with Gasteiger partial charge in [0.2, 0.25) is 0 Å². The van der Waals surface area contributed by atoms with Gasteiger partial charge < -0.3 is 0 Å². The topological polar surface area (TPSA) is 47.8 Å². The molecule has 0 spiro atoms. The second-order valence-corrected chi connectivity index (χ2v) is 2.23. The lowest BCUT2D eigenvalue weighted by Gasteiger charge is -2.02. The minimum Gasteiger partial charge on any atom is -0.265 e. The van der Waals surface area contributed by atoms with Gasteiger partial charge in [0, 0.05) is 7.05 Å². The Hall–Kier alpha value is -1.71. The van der Waals surface area contributed by atoms with Crippen molar-refractivity contribution in [1.82, 2.24) is 15.0 Å². The smallest absolute Gasteiger partial charge is 0.265 e. The fourth-order valence-electron chi connectivity index (χ4n) is 0.928. The first kappa shape index (κ1) is 8.39. The zero-order valence-corrected chi connectivity index (χ0v) is 6.82. The fourth-order valence-corrected chi connectivity index (χ4v) is 0.928. The Morgan fingerprint density at radius 1 is 1.42 bits per heavy atom. The average Bonchev–Trinajstić information content (AvgIpc) is 2.08. The highest BCUT2D eigenvalue weighted by Crippen LogP contribution is 2.02. The fraction of sp³-hybridized carbons (Fsp3) is 0.125. The molecular formula is C8H9N3O. The van der Waals surface area contributed by atoms with Crippen LogP contribution in [0, 0.1) is 0 Å². The zero-order chi connectivity index (χ0) is 9.14. The average molecular weight is 163 g/mol. The van der Waals surface area contributed by atoms with E-state index >= 15 is 0 Å². The summed E-state index contributed by atoms with van der Waals surface area (Å²) >= 11 is 0. The highest BCUT2D eigenvalue weighted by Gasteiger charge is 2.04. The van der Waals surface area contributed by atoms with Crippen molar-refractivity contribution in [2.75, 3.05) is 0 Å². The summed E-state index contributed by atoms with van der Waals surface area (Å²) in [6.45, 7) is 7.08. The van der Waals surface area contributed by atoms with E-state index in [-0.39, 0.29) is 5.56 Å². The van der Waals surface area contributed by atoms with E-state index in [1.165, 1.54) is 10.8 Å². The van der Waals surface area contributed by atoms with Crippen molar-refractivity contribution in [3.8, 4) is 0 Å². The normalized spacial score (nSPS) is 9.42. The van der Waals surface area contributed by atoms with Crippen LogP contribution >= 0.6 is 0 Å². The van der Waals surface area contributed by atoms with Crippen LogP contribution in [-0.4, -0.2) is 15.0 Å². The molecule has 0 aliphatic rings. The SMILES string of the molecule is C=Cc1c(C=C)n(C)nnc1=O. The summed E-state index contributed by atoms with van der Waals surface area (Å²) in [5.41, 5.74) is 0.686. The maximum Gasteiger partial charge on any atom is 0.299 e. The molecule has 0 amide bonds. The van der Waals surface area contributed by atoms with Gasteiger partial charge in [0.05, 0.1) is 11.3 Å². The Bertz CT molecular complexity index is 378. The lowest BCUT2D eigenvalue weighted by Crippen LogP contribution is -2.19. The van der Waals surface area contributed by atoms with Crippen molar-refractivity contribution >= 4 is 12.2 Å². The lowest BCUT2D eigenvalue weighted by molar-refractivity contribution is 0.646. The Balaban J connectivity index is 3.59. The van der Waals surface area contributed by atoms with Gasteiger partial charge in [-0.15, -0.1) is 0 Å². The molecule has 0 fully saturated rings. The summed E-state index contributed by atoms with van der Waals surface area (Å²) in [7, 11) is 1.69. The monoisotopic (exact) mass is 163 g/mol. The highest BCUT2D eigenvalue weighted by atomic mass is 16.1. The van der Waals surface area contributed by atoms with Crippen molar-refractivity contribution in [1.29, 1.82) is 0 Å². The van der Waals surface area contributed by atoms with Crippen molar-refractivity contribution in [3.63, 3.8) is 0 Å². The molecule has 1 aromatic rings. The molecule has 1 aromatic heterocycles. The third-order valence-corrected chi connectivity index (χ3v) is 1.52. The number of hydrogen-bond acceptors (Lipinski definition) is 3. The van der Waals surface area contributed by atoms with Crippen molar-refractivity contribution in [2.45, 2.75) is 0 Å². The molecule has 0 radical (unpaired) electrons.